The summed E-state index contributed by atoms with van der Waals surface area (Å²) in [5.74, 6) is -2.10. The van der Waals surface area contributed by atoms with E-state index in [9.17, 15) is 19.2 Å². The zero-order chi connectivity index (χ0) is 21.9. The molecule has 0 aliphatic heterocycles. The molecule has 30 heavy (non-hydrogen) atoms. The lowest BCUT2D eigenvalue weighted by molar-refractivity contribution is -0.157. The zero-order valence-electron chi connectivity index (χ0n) is 16.7. The molecule has 0 spiro atoms. The van der Waals surface area contributed by atoms with Gasteiger partial charge in [-0.1, -0.05) is 18.2 Å². The molecule has 0 unspecified atom stereocenters. The second-order valence-corrected chi connectivity index (χ2v) is 5.85. The van der Waals surface area contributed by atoms with Crippen LogP contribution in [0.25, 0.3) is 0 Å². The van der Waals surface area contributed by atoms with Crippen molar-refractivity contribution in [3.8, 4) is 5.75 Å². The van der Waals surface area contributed by atoms with E-state index in [1.807, 2.05) is 18.2 Å². The standard InChI is InChI=1S/C20H23N3O7/c1-3-28-19(26)17(20(27)29-4-2)21-18(25)15-10-11-16(24)23(22-15)12-13-30-14-8-6-5-7-9-14/h5-11,17H,3-4,12-13H2,1-2H3,(H,21,25). The number of carbonyl (C=O) groups is 3. The molecule has 0 bridgehead atoms. The lowest BCUT2D eigenvalue weighted by Crippen LogP contribution is -2.48. The van der Waals surface area contributed by atoms with Crippen LogP contribution in [0, 0.1) is 0 Å². The Morgan fingerprint density at radius 2 is 1.63 bits per heavy atom. The first-order chi connectivity index (χ1) is 14.5. The topological polar surface area (TPSA) is 126 Å². The molecule has 0 aliphatic rings. The second kappa shape index (κ2) is 11.3. The third-order valence-electron chi connectivity index (χ3n) is 3.73. The van der Waals surface area contributed by atoms with E-state index in [1.54, 1.807) is 26.0 Å². The molecule has 0 saturated heterocycles. The highest BCUT2D eigenvalue weighted by molar-refractivity contribution is 6.05. The summed E-state index contributed by atoms with van der Waals surface area (Å²) >= 11 is 0. The molecule has 0 radical (unpaired) electrons. The van der Waals surface area contributed by atoms with Crippen LogP contribution in [0.4, 0.5) is 0 Å². The van der Waals surface area contributed by atoms with E-state index in [1.165, 1.54) is 6.07 Å². The number of nitrogens with zero attached hydrogens (tertiary/aromatic N) is 2. The lowest BCUT2D eigenvalue weighted by Gasteiger charge is -2.16. The van der Waals surface area contributed by atoms with E-state index < -0.39 is 29.4 Å². The van der Waals surface area contributed by atoms with Gasteiger partial charge in [0.2, 0.25) is 6.04 Å². The number of nitrogens with one attached hydrogen (secondary N) is 1. The molecule has 1 N–H and O–H groups in total. The van der Waals surface area contributed by atoms with Gasteiger partial charge in [0, 0.05) is 6.07 Å². The second-order valence-electron chi connectivity index (χ2n) is 5.85. The van der Waals surface area contributed by atoms with Crippen molar-refractivity contribution in [3.63, 3.8) is 0 Å². The molecule has 10 heteroatoms. The Morgan fingerprint density at radius 1 is 1.00 bits per heavy atom. The molecule has 1 aromatic carbocycles. The molecule has 0 fully saturated rings. The number of aromatic nitrogens is 2. The van der Waals surface area contributed by atoms with E-state index in [0.29, 0.717) is 5.75 Å². The number of hydrogen-bond donors (Lipinski definition) is 1. The van der Waals surface area contributed by atoms with E-state index in [4.69, 9.17) is 14.2 Å². The van der Waals surface area contributed by atoms with Crippen LogP contribution in [0.5, 0.6) is 5.75 Å². The summed E-state index contributed by atoms with van der Waals surface area (Å²) in [6, 6.07) is 9.73. The van der Waals surface area contributed by atoms with Crippen molar-refractivity contribution >= 4 is 17.8 Å². The fourth-order valence-electron chi connectivity index (χ4n) is 2.37. The Morgan fingerprint density at radius 3 is 2.23 bits per heavy atom. The number of para-hydroxylation sites is 1. The molecule has 0 saturated carbocycles. The molecule has 2 aromatic rings. The molecule has 160 valence electrons. The van der Waals surface area contributed by atoms with Gasteiger partial charge < -0.3 is 19.5 Å². The van der Waals surface area contributed by atoms with Crippen LogP contribution in [0.2, 0.25) is 0 Å². The van der Waals surface area contributed by atoms with Crippen LogP contribution in [-0.2, 0) is 25.6 Å². The highest BCUT2D eigenvalue weighted by atomic mass is 16.6. The van der Waals surface area contributed by atoms with Crippen molar-refractivity contribution in [2.24, 2.45) is 0 Å². The first-order valence-electron chi connectivity index (χ1n) is 9.36. The highest BCUT2D eigenvalue weighted by Crippen LogP contribution is 2.07. The van der Waals surface area contributed by atoms with Crippen LogP contribution >= 0.6 is 0 Å². The first-order valence-corrected chi connectivity index (χ1v) is 9.36. The third kappa shape index (κ3) is 6.43. The number of esters is 2. The van der Waals surface area contributed by atoms with Gasteiger partial charge in [-0.2, -0.15) is 5.10 Å². The van der Waals surface area contributed by atoms with Gasteiger partial charge in [0.25, 0.3) is 11.5 Å². The Bertz CT molecular complexity index is 909. The molecule has 1 heterocycles. The van der Waals surface area contributed by atoms with Crippen molar-refractivity contribution in [3.05, 3.63) is 58.5 Å². The number of ether oxygens (including phenoxy) is 3. The molecule has 2 rings (SSSR count). The normalized spacial score (nSPS) is 10.4. The van der Waals surface area contributed by atoms with E-state index in [2.05, 4.69) is 10.4 Å². The smallest absolute Gasteiger partial charge is 0.340 e. The maximum Gasteiger partial charge on any atom is 0.340 e. The average Bonchev–Trinajstić information content (AvgIpc) is 2.74. The molecular weight excluding hydrogens is 394 g/mol. The monoisotopic (exact) mass is 417 g/mol. The van der Waals surface area contributed by atoms with Gasteiger partial charge in [-0.05, 0) is 32.0 Å². The minimum Gasteiger partial charge on any atom is -0.492 e. The van der Waals surface area contributed by atoms with Crippen LogP contribution in [-0.4, -0.2) is 53.5 Å². The van der Waals surface area contributed by atoms with Crippen molar-refractivity contribution in [1.29, 1.82) is 0 Å². The Labute approximate surface area is 172 Å². The molecular formula is C20H23N3O7. The predicted molar refractivity (Wildman–Crippen MR) is 105 cm³/mol. The van der Waals surface area contributed by atoms with Gasteiger partial charge in [0.05, 0.1) is 19.8 Å². The minimum absolute atomic E-state index is 0.0230. The molecule has 1 amide bonds. The van der Waals surface area contributed by atoms with Crippen LogP contribution in [0.15, 0.2) is 47.3 Å². The Kier molecular flexibility index (Phi) is 8.55. The summed E-state index contributed by atoms with van der Waals surface area (Å²) in [4.78, 5) is 48.5. The van der Waals surface area contributed by atoms with Crippen molar-refractivity contribution in [1.82, 2.24) is 15.1 Å². The Hall–Kier alpha value is -3.69. The Balaban J connectivity index is 2.08. The maximum absolute atomic E-state index is 12.5. The maximum atomic E-state index is 12.5. The number of amides is 1. The number of hydrogen-bond acceptors (Lipinski definition) is 8. The minimum atomic E-state index is -1.64. The molecule has 1 aromatic heterocycles. The van der Waals surface area contributed by atoms with Gasteiger partial charge in [0.1, 0.15) is 18.1 Å². The summed E-state index contributed by atoms with van der Waals surface area (Å²) in [6.45, 7) is 3.42. The fourth-order valence-corrected chi connectivity index (χ4v) is 2.37. The van der Waals surface area contributed by atoms with Crippen molar-refractivity contribution in [2.75, 3.05) is 19.8 Å². The van der Waals surface area contributed by atoms with Crippen molar-refractivity contribution < 1.29 is 28.6 Å². The van der Waals surface area contributed by atoms with Crippen LogP contribution in [0.3, 0.4) is 0 Å². The van der Waals surface area contributed by atoms with Crippen LogP contribution < -0.4 is 15.6 Å². The zero-order valence-corrected chi connectivity index (χ0v) is 16.7. The average molecular weight is 417 g/mol. The number of rotatable bonds is 10. The van der Waals surface area contributed by atoms with Gasteiger partial charge in [-0.15, -0.1) is 0 Å². The molecule has 10 nitrogen and oxygen atoms in total. The van der Waals surface area contributed by atoms with Crippen molar-refractivity contribution in [2.45, 2.75) is 26.4 Å². The van der Waals surface area contributed by atoms with Crippen LogP contribution in [0.1, 0.15) is 24.3 Å². The lowest BCUT2D eigenvalue weighted by atomic mass is 10.2. The summed E-state index contributed by atoms with van der Waals surface area (Å²) in [7, 11) is 0. The summed E-state index contributed by atoms with van der Waals surface area (Å²) < 4.78 is 16.2. The summed E-state index contributed by atoms with van der Waals surface area (Å²) in [6.07, 6.45) is 0. The van der Waals surface area contributed by atoms with Gasteiger partial charge >= 0.3 is 11.9 Å². The third-order valence-corrected chi connectivity index (χ3v) is 3.73. The quantitative estimate of drug-likeness (QED) is 0.439. The summed E-state index contributed by atoms with van der Waals surface area (Å²) in [5.41, 5.74) is -0.594. The SMILES string of the molecule is CCOC(=O)C(NC(=O)c1ccc(=O)n(CCOc2ccccc2)n1)C(=O)OCC. The van der Waals surface area contributed by atoms with E-state index >= 15 is 0 Å². The van der Waals surface area contributed by atoms with E-state index in [0.717, 1.165) is 10.7 Å². The largest absolute Gasteiger partial charge is 0.492 e. The fraction of sp³-hybridized carbons (Fsp3) is 0.350. The molecule has 0 aliphatic carbocycles. The summed E-state index contributed by atoms with van der Waals surface area (Å²) in [5, 5.41) is 6.21. The van der Waals surface area contributed by atoms with Gasteiger partial charge in [-0.25, -0.2) is 14.3 Å². The highest BCUT2D eigenvalue weighted by Gasteiger charge is 2.32. The van der Waals surface area contributed by atoms with E-state index in [-0.39, 0.29) is 32.1 Å². The first kappa shape index (κ1) is 22.6. The van der Waals surface area contributed by atoms with Gasteiger partial charge in [0.15, 0.2) is 0 Å². The predicted octanol–water partition coefficient (Wildman–Crippen LogP) is 0.547. The number of carbonyl (C=O) groups excluding carboxylic acids is 3. The number of benzene rings is 1. The van der Waals surface area contributed by atoms with Gasteiger partial charge in [-0.3, -0.25) is 9.59 Å². The molecule has 0 atom stereocenters.